The number of hydrogen-bond donors (Lipinski definition) is 2. The van der Waals surface area contributed by atoms with Crippen LogP contribution in [0.2, 0.25) is 5.02 Å². The molecule has 0 unspecified atom stereocenters. The van der Waals surface area contributed by atoms with Gasteiger partial charge in [-0.3, -0.25) is 0 Å². The Morgan fingerprint density at radius 2 is 1.85 bits per heavy atom. The minimum atomic E-state index is -0.128. The Bertz CT molecular complexity index is 850. The zero-order valence-electron chi connectivity index (χ0n) is 14.3. The van der Waals surface area contributed by atoms with Crippen LogP contribution in [0.4, 0.5) is 4.79 Å². The number of carbonyl (C=O) groups is 1. The van der Waals surface area contributed by atoms with Crippen LogP contribution in [0.15, 0.2) is 59.8 Å². The van der Waals surface area contributed by atoms with Gasteiger partial charge in [-0.05, 0) is 42.8 Å². The van der Waals surface area contributed by atoms with Gasteiger partial charge in [-0.2, -0.15) is 0 Å². The largest absolute Gasteiger partial charge is 0.338 e. The van der Waals surface area contributed by atoms with Crippen LogP contribution in [0.5, 0.6) is 0 Å². The van der Waals surface area contributed by atoms with Crippen LogP contribution in [0.3, 0.4) is 0 Å². The van der Waals surface area contributed by atoms with Crippen LogP contribution in [0, 0.1) is 0 Å². The van der Waals surface area contributed by atoms with E-state index in [1.54, 1.807) is 11.8 Å². The zero-order chi connectivity index (χ0) is 18.2. The number of aromatic nitrogens is 2. The molecule has 0 radical (unpaired) electrons. The molecule has 0 saturated heterocycles. The lowest BCUT2D eigenvalue weighted by molar-refractivity contribution is 0.241. The minimum absolute atomic E-state index is 0.128. The molecule has 0 bridgehead atoms. The molecule has 0 spiro atoms. The van der Waals surface area contributed by atoms with Gasteiger partial charge in [0.15, 0.2) is 0 Å². The molecule has 1 heterocycles. The van der Waals surface area contributed by atoms with Crippen molar-refractivity contribution in [1.82, 2.24) is 20.2 Å². The quantitative estimate of drug-likeness (QED) is 0.449. The number of benzene rings is 2. The van der Waals surface area contributed by atoms with Crippen LogP contribution in [0.1, 0.15) is 6.42 Å². The normalized spacial score (nSPS) is 10.8. The third-order valence-corrected chi connectivity index (χ3v) is 5.12. The van der Waals surface area contributed by atoms with Gasteiger partial charge >= 0.3 is 6.03 Å². The number of urea groups is 1. The molecule has 2 amide bonds. The van der Waals surface area contributed by atoms with Crippen LogP contribution >= 0.6 is 23.4 Å². The maximum Gasteiger partial charge on any atom is 0.314 e. The molecule has 3 aromatic rings. The van der Waals surface area contributed by atoms with Gasteiger partial charge in [0, 0.05) is 35.3 Å². The lowest BCUT2D eigenvalue weighted by Crippen LogP contribution is -2.37. The van der Waals surface area contributed by atoms with E-state index in [4.69, 9.17) is 11.6 Å². The summed E-state index contributed by atoms with van der Waals surface area (Å²) in [6, 6.07) is 15.6. The van der Waals surface area contributed by atoms with Crippen molar-refractivity contribution in [2.24, 2.45) is 0 Å². The number of hydrogen-bond acceptors (Lipinski definition) is 3. The Hall–Kier alpha value is -2.18. The first-order valence-corrected chi connectivity index (χ1v) is 9.89. The van der Waals surface area contributed by atoms with E-state index in [1.165, 1.54) is 0 Å². The summed E-state index contributed by atoms with van der Waals surface area (Å²) < 4.78 is 2.11. The lowest BCUT2D eigenvalue weighted by Gasteiger charge is -2.08. The molecule has 5 nitrogen and oxygen atoms in total. The molecule has 0 atom stereocenters. The van der Waals surface area contributed by atoms with Crippen LogP contribution in [-0.2, 0) is 6.54 Å². The molecular formula is C19H21ClN4OS. The third kappa shape index (κ3) is 5.41. The minimum Gasteiger partial charge on any atom is -0.338 e. The van der Waals surface area contributed by atoms with Crippen molar-refractivity contribution in [3.63, 3.8) is 0 Å². The van der Waals surface area contributed by atoms with Crippen LogP contribution < -0.4 is 10.6 Å². The molecule has 0 aliphatic heterocycles. The van der Waals surface area contributed by atoms with E-state index in [1.807, 2.05) is 48.8 Å². The maximum atomic E-state index is 11.8. The summed E-state index contributed by atoms with van der Waals surface area (Å²) in [6.07, 6.45) is 2.70. The number of imidazole rings is 1. The average molecular weight is 389 g/mol. The number of fused-ring (bicyclic) bond motifs is 1. The number of carbonyl (C=O) groups excluding carboxylic acids is 1. The van der Waals surface area contributed by atoms with Crippen LogP contribution in [-0.4, -0.2) is 34.4 Å². The van der Waals surface area contributed by atoms with Crippen molar-refractivity contribution >= 4 is 40.4 Å². The number of nitrogens with one attached hydrogen (secondary N) is 2. The Morgan fingerprint density at radius 3 is 2.69 bits per heavy atom. The van der Waals surface area contributed by atoms with Gasteiger partial charge in [0.2, 0.25) is 0 Å². The van der Waals surface area contributed by atoms with E-state index in [2.05, 4.69) is 26.3 Å². The monoisotopic (exact) mass is 388 g/mol. The molecular weight excluding hydrogens is 368 g/mol. The molecule has 0 fully saturated rings. The number of aryl methyl sites for hydroxylation is 1. The van der Waals surface area contributed by atoms with Gasteiger partial charge in [-0.1, -0.05) is 23.7 Å². The maximum absolute atomic E-state index is 11.8. The third-order valence-electron chi connectivity index (χ3n) is 3.86. The molecule has 2 aromatic carbocycles. The van der Waals surface area contributed by atoms with Crippen molar-refractivity contribution in [2.45, 2.75) is 17.9 Å². The molecule has 0 aliphatic rings. The lowest BCUT2D eigenvalue weighted by atomic mass is 10.3. The predicted octanol–water partition coefficient (Wildman–Crippen LogP) is 4.17. The first-order valence-electron chi connectivity index (χ1n) is 8.52. The summed E-state index contributed by atoms with van der Waals surface area (Å²) in [6.45, 7) is 2.07. The predicted molar refractivity (Wildman–Crippen MR) is 108 cm³/mol. The molecule has 0 saturated carbocycles. The summed E-state index contributed by atoms with van der Waals surface area (Å²) in [4.78, 5) is 17.3. The topological polar surface area (TPSA) is 59.0 Å². The van der Waals surface area contributed by atoms with Crippen LogP contribution in [0.25, 0.3) is 11.0 Å². The summed E-state index contributed by atoms with van der Waals surface area (Å²) in [7, 11) is 0. The number of thioether (sulfide) groups is 1. The van der Waals surface area contributed by atoms with Gasteiger partial charge in [0.25, 0.3) is 0 Å². The standard InChI is InChI=1S/C19H21ClN4OS/c20-15-6-8-16(9-7-15)26-13-11-22-19(25)21-10-3-12-24-14-23-17-4-1-2-5-18(17)24/h1-2,4-9,14H,3,10-13H2,(H2,21,22,25). The van der Waals surface area contributed by atoms with E-state index >= 15 is 0 Å². The van der Waals surface area contributed by atoms with Gasteiger partial charge in [-0.15, -0.1) is 11.8 Å². The molecule has 3 rings (SSSR count). The first-order chi connectivity index (χ1) is 12.7. The van der Waals surface area contributed by atoms with Crippen molar-refractivity contribution in [2.75, 3.05) is 18.8 Å². The van der Waals surface area contributed by atoms with E-state index in [0.717, 1.165) is 39.7 Å². The molecule has 2 N–H and O–H groups in total. The number of amides is 2. The highest BCUT2D eigenvalue weighted by atomic mass is 35.5. The number of halogens is 1. The van der Waals surface area contributed by atoms with Gasteiger partial charge < -0.3 is 15.2 Å². The summed E-state index contributed by atoms with van der Waals surface area (Å²) in [5.74, 6) is 0.816. The molecule has 1 aromatic heterocycles. The molecule has 7 heteroatoms. The summed E-state index contributed by atoms with van der Waals surface area (Å²) >= 11 is 7.54. The Balaban J connectivity index is 1.29. The SMILES string of the molecule is O=C(NCCCn1cnc2ccccc21)NCCSc1ccc(Cl)cc1. The van der Waals surface area contributed by atoms with Gasteiger partial charge in [-0.25, -0.2) is 9.78 Å². The highest BCUT2D eigenvalue weighted by Crippen LogP contribution is 2.19. The Kier molecular flexibility index (Phi) is 6.80. The van der Waals surface area contributed by atoms with Crippen molar-refractivity contribution < 1.29 is 4.79 Å². The fourth-order valence-corrected chi connectivity index (χ4v) is 3.46. The number of para-hydroxylation sites is 2. The van der Waals surface area contributed by atoms with E-state index in [-0.39, 0.29) is 6.03 Å². The van der Waals surface area contributed by atoms with E-state index in [0.29, 0.717) is 13.1 Å². The second kappa shape index (κ2) is 9.50. The van der Waals surface area contributed by atoms with E-state index in [9.17, 15) is 4.79 Å². The Morgan fingerprint density at radius 1 is 1.08 bits per heavy atom. The average Bonchev–Trinajstić information content (AvgIpc) is 3.07. The van der Waals surface area contributed by atoms with Crippen molar-refractivity contribution in [3.8, 4) is 0 Å². The highest BCUT2D eigenvalue weighted by molar-refractivity contribution is 7.99. The smallest absolute Gasteiger partial charge is 0.314 e. The second-order valence-electron chi connectivity index (χ2n) is 5.77. The zero-order valence-corrected chi connectivity index (χ0v) is 15.9. The summed E-state index contributed by atoms with van der Waals surface area (Å²) in [5, 5.41) is 6.49. The highest BCUT2D eigenvalue weighted by Gasteiger charge is 2.02. The molecule has 26 heavy (non-hydrogen) atoms. The second-order valence-corrected chi connectivity index (χ2v) is 7.37. The van der Waals surface area contributed by atoms with Gasteiger partial charge in [0.1, 0.15) is 0 Å². The van der Waals surface area contributed by atoms with Gasteiger partial charge in [0.05, 0.1) is 17.4 Å². The number of rotatable bonds is 8. The summed E-state index contributed by atoms with van der Waals surface area (Å²) in [5.41, 5.74) is 2.12. The van der Waals surface area contributed by atoms with Crippen molar-refractivity contribution in [3.05, 3.63) is 59.9 Å². The fraction of sp³-hybridized carbons (Fsp3) is 0.263. The van der Waals surface area contributed by atoms with E-state index < -0.39 is 0 Å². The first kappa shape index (κ1) is 18.6. The Labute approximate surface area is 162 Å². The van der Waals surface area contributed by atoms with Crippen molar-refractivity contribution in [1.29, 1.82) is 0 Å². The molecule has 0 aliphatic carbocycles. The number of nitrogens with zero attached hydrogens (tertiary/aromatic N) is 2. The molecule has 136 valence electrons. The fourth-order valence-electron chi connectivity index (χ4n) is 2.57.